The minimum absolute atomic E-state index is 0.0873. The summed E-state index contributed by atoms with van der Waals surface area (Å²) in [6, 6.07) is 10.5. The molecule has 0 unspecified atom stereocenters. The van der Waals surface area contributed by atoms with Gasteiger partial charge in [-0.2, -0.15) is 0 Å². The van der Waals surface area contributed by atoms with Crippen LogP contribution < -0.4 is 4.74 Å². The number of rotatable bonds is 3. The molecule has 0 fully saturated rings. The molecule has 0 bridgehead atoms. The van der Waals surface area contributed by atoms with Crippen LogP contribution in [0.1, 0.15) is 37.4 Å². The van der Waals surface area contributed by atoms with Gasteiger partial charge in [-0.15, -0.1) is 0 Å². The Kier molecular flexibility index (Phi) is 4.42. The van der Waals surface area contributed by atoms with Gasteiger partial charge in [-0.3, -0.25) is 0 Å². The summed E-state index contributed by atoms with van der Waals surface area (Å²) in [6.07, 6.45) is 1.53. The van der Waals surface area contributed by atoms with Crippen LogP contribution in [-0.4, -0.2) is 31.3 Å². The fourth-order valence-corrected chi connectivity index (χ4v) is 3.53. The van der Waals surface area contributed by atoms with Crippen molar-refractivity contribution in [3.05, 3.63) is 41.5 Å². The zero-order chi connectivity index (χ0) is 16.4. The fraction of sp³-hybridized carbons (Fsp3) is 0.421. The number of hydrogen-bond acceptors (Lipinski definition) is 3. The first-order valence-electron chi connectivity index (χ1n) is 8.22. The number of carbonyl (C=O) groups excluding carboxylic acids is 1. The summed E-state index contributed by atoms with van der Waals surface area (Å²) < 4.78 is 10.5. The highest BCUT2D eigenvalue weighted by atomic mass is 16.6. The third-order valence-electron chi connectivity index (χ3n) is 4.60. The highest BCUT2D eigenvalue weighted by molar-refractivity contribution is 5.88. The van der Waals surface area contributed by atoms with Gasteiger partial charge >= 0.3 is 6.09 Å². The maximum atomic E-state index is 12.2. The van der Waals surface area contributed by atoms with E-state index in [-0.39, 0.29) is 12.1 Å². The minimum Gasteiger partial charge on any atom is -0.497 e. The maximum Gasteiger partial charge on any atom is 0.410 e. The number of fused-ring (bicyclic) bond motifs is 3. The Labute approximate surface area is 137 Å². The van der Waals surface area contributed by atoms with Crippen LogP contribution in [0.3, 0.4) is 0 Å². The zero-order valence-electron chi connectivity index (χ0n) is 14.0. The molecule has 1 aliphatic heterocycles. The van der Waals surface area contributed by atoms with E-state index < -0.39 is 0 Å². The van der Waals surface area contributed by atoms with Crippen LogP contribution in [0, 0.1) is 0 Å². The molecule has 2 aromatic carbocycles. The van der Waals surface area contributed by atoms with Gasteiger partial charge in [0, 0.05) is 6.54 Å². The Morgan fingerprint density at radius 3 is 2.78 bits per heavy atom. The van der Waals surface area contributed by atoms with Crippen LogP contribution in [0.4, 0.5) is 4.79 Å². The van der Waals surface area contributed by atoms with E-state index in [2.05, 4.69) is 31.2 Å². The first-order valence-corrected chi connectivity index (χ1v) is 8.22. The monoisotopic (exact) mass is 313 g/mol. The lowest BCUT2D eigenvalue weighted by atomic mass is 9.87. The number of benzene rings is 2. The van der Waals surface area contributed by atoms with E-state index in [0.717, 1.165) is 18.6 Å². The molecule has 0 spiro atoms. The number of hydrogen-bond donors (Lipinski definition) is 0. The minimum atomic E-state index is -0.208. The normalized spacial score (nSPS) is 17.0. The van der Waals surface area contributed by atoms with E-state index in [1.807, 2.05) is 17.9 Å². The maximum absolute atomic E-state index is 12.2. The number of nitrogens with zero attached hydrogens (tertiary/aromatic N) is 1. The van der Waals surface area contributed by atoms with Gasteiger partial charge in [-0.05, 0) is 53.8 Å². The second kappa shape index (κ2) is 6.49. The predicted molar refractivity (Wildman–Crippen MR) is 91.0 cm³/mol. The van der Waals surface area contributed by atoms with Crippen molar-refractivity contribution >= 4 is 16.9 Å². The quantitative estimate of drug-likeness (QED) is 0.847. The first kappa shape index (κ1) is 15.7. The molecule has 0 aliphatic carbocycles. The molecule has 3 rings (SSSR count). The molecule has 0 radical (unpaired) electrons. The third kappa shape index (κ3) is 2.74. The standard InChI is InChI=1S/C19H23NO3/c1-4-18-17-8-6-13-12-14(22-3)7-9-15(13)16(17)10-11-20(18)19(21)23-5-2/h6-9,12,18H,4-5,10-11H2,1-3H3/t18-/m1/s1. The van der Waals surface area contributed by atoms with Gasteiger partial charge in [0.05, 0.1) is 19.8 Å². The van der Waals surface area contributed by atoms with Crippen LogP contribution in [0.2, 0.25) is 0 Å². The van der Waals surface area contributed by atoms with Crippen molar-refractivity contribution in [2.24, 2.45) is 0 Å². The number of methoxy groups -OCH3 is 1. The average Bonchev–Trinajstić information content (AvgIpc) is 2.59. The molecule has 0 N–H and O–H groups in total. The van der Waals surface area contributed by atoms with Gasteiger partial charge in [-0.1, -0.05) is 25.1 Å². The third-order valence-corrected chi connectivity index (χ3v) is 4.60. The van der Waals surface area contributed by atoms with E-state index in [0.29, 0.717) is 13.2 Å². The van der Waals surface area contributed by atoms with E-state index in [1.54, 1.807) is 7.11 Å². The van der Waals surface area contributed by atoms with Crippen molar-refractivity contribution in [3.63, 3.8) is 0 Å². The summed E-state index contributed by atoms with van der Waals surface area (Å²) in [7, 11) is 1.68. The number of ether oxygens (including phenoxy) is 2. The second-order valence-corrected chi connectivity index (χ2v) is 5.79. The molecular formula is C19H23NO3. The van der Waals surface area contributed by atoms with Gasteiger partial charge in [0.15, 0.2) is 0 Å². The smallest absolute Gasteiger partial charge is 0.410 e. The lowest BCUT2D eigenvalue weighted by molar-refractivity contribution is 0.0857. The molecule has 4 nitrogen and oxygen atoms in total. The highest BCUT2D eigenvalue weighted by Gasteiger charge is 2.31. The largest absolute Gasteiger partial charge is 0.497 e. The Hall–Kier alpha value is -2.23. The SMILES string of the molecule is CCOC(=O)N1CCc2c(ccc3cc(OC)ccc23)[C@H]1CC. The van der Waals surface area contributed by atoms with Crippen molar-refractivity contribution in [1.29, 1.82) is 0 Å². The molecule has 2 aromatic rings. The molecule has 0 saturated carbocycles. The Balaban J connectivity index is 2.04. The molecule has 0 aromatic heterocycles. The lowest BCUT2D eigenvalue weighted by Gasteiger charge is -2.36. The number of carbonyl (C=O) groups is 1. The van der Waals surface area contributed by atoms with Crippen molar-refractivity contribution in [2.75, 3.05) is 20.3 Å². The van der Waals surface area contributed by atoms with Gasteiger partial charge < -0.3 is 14.4 Å². The van der Waals surface area contributed by atoms with Gasteiger partial charge in [0.2, 0.25) is 0 Å². The highest BCUT2D eigenvalue weighted by Crippen LogP contribution is 2.37. The van der Waals surface area contributed by atoms with Crippen LogP contribution in [0.15, 0.2) is 30.3 Å². The summed E-state index contributed by atoms with van der Waals surface area (Å²) in [6.45, 7) is 5.08. The van der Waals surface area contributed by atoms with E-state index in [4.69, 9.17) is 9.47 Å². The summed E-state index contributed by atoms with van der Waals surface area (Å²) in [4.78, 5) is 14.1. The first-order chi connectivity index (χ1) is 11.2. The van der Waals surface area contributed by atoms with Crippen molar-refractivity contribution in [3.8, 4) is 5.75 Å². The average molecular weight is 313 g/mol. The molecule has 0 saturated heterocycles. The van der Waals surface area contributed by atoms with Gasteiger partial charge in [-0.25, -0.2) is 4.79 Å². The van der Waals surface area contributed by atoms with Crippen molar-refractivity contribution in [1.82, 2.24) is 4.90 Å². The van der Waals surface area contributed by atoms with Crippen LogP contribution in [0.5, 0.6) is 5.75 Å². The molecule has 1 heterocycles. The Bertz CT molecular complexity index is 726. The van der Waals surface area contributed by atoms with Crippen LogP contribution >= 0.6 is 0 Å². The summed E-state index contributed by atoms with van der Waals surface area (Å²) in [5, 5.41) is 2.44. The Morgan fingerprint density at radius 1 is 1.26 bits per heavy atom. The number of amides is 1. The molecule has 23 heavy (non-hydrogen) atoms. The van der Waals surface area contributed by atoms with E-state index >= 15 is 0 Å². The molecule has 122 valence electrons. The Morgan fingerprint density at radius 2 is 2.09 bits per heavy atom. The summed E-state index contributed by atoms with van der Waals surface area (Å²) in [5.41, 5.74) is 2.59. The van der Waals surface area contributed by atoms with Crippen LogP contribution in [0.25, 0.3) is 10.8 Å². The zero-order valence-corrected chi connectivity index (χ0v) is 14.0. The molecule has 1 atom stereocenters. The topological polar surface area (TPSA) is 38.8 Å². The molecular weight excluding hydrogens is 290 g/mol. The van der Waals surface area contributed by atoms with Crippen molar-refractivity contribution < 1.29 is 14.3 Å². The fourth-order valence-electron chi connectivity index (χ4n) is 3.53. The molecule has 4 heteroatoms. The van der Waals surface area contributed by atoms with Crippen molar-refractivity contribution in [2.45, 2.75) is 32.7 Å². The predicted octanol–water partition coefficient (Wildman–Crippen LogP) is 4.31. The van der Waals surface area contributed by atoms with E-state index in [1.165, 1.54) is 21.9 Å². The lowest BCUT2D eigenvalue weighted by Crippen LogP contribution is -2.40. The van der Waals surface area contributed by atoms with Crippen LogP contribution in [-0.2, 0) is 11.2 Å². The summed E-state index contributed by atoms with van der Waals surface area (Å²) >= 11 is 0. The molecule has 1 amide bonds. The molecule has 1 aliphatic rings. The van der Waals surface area contributed by atoms with E-state index in [9.17, 15) is 4.79 Å². The van der Waals surface area contributed by atoms with Gasteiger partial charge in [0.25, 0.3) is 0 Å². The second-order valence-electron chi connectivity index (χ2n) is 5.79. The summed E-state index contributed by atoms with van der Waals surface area (Å²) in [5.74, 6) is 0.869. The van der Waals surface area contributed by atoms with Gasteiger partial charge in [0.1, 0.15) is 5.75 Å².